The third kappa shape index (κ3) is 5.17. The molecule has 1 heterocycles. The van der Waals surface area contributed by atoms with Gasteiger partial charge in [-0.25, -0.2) is 14.4 Å². The van der Waals surface area contributed by atoms with Crippen LogP contribution in [0.5, 0.6) is 17.2 Å². The van der Waals surface area contributed by atoms with Crippen molar-refractivity contribution in [1.82, 2.24) is 10.6 Å². The van der Waals surface area contributed by atoms with Crippen molar-refractivity contribution in [3.05, 3.63) is 64.9 Å². The molecule has 0 fully saturated rings. The molecule has 0 saturated carbocycles. The molecule has 1 aliphatic heterocycles. The van der Waals surface area contributed by atoms with E-state index in [1.165, 1.54) is 32.4 Å². The maximum absolute atomic E-state index is 12.8. The Morgan fingerprint density at radius 1 is 1.00 bits per heavy atom. The molecule has 174 valence electrons. The summed E-state index contributed by atoms with van der Waals surface area (Å²) in [5, 5.41) is 15.4. The minimum absolute atomic E-state index is 0.0637. The lowest BCUT2D eigenvalue weighted by molar-refractivity contribution is -0.139. The van der Waals surface area contributed by atoms with Gasteiger partial charge in [0.1, 0.15) is 17.9 Å². The summed E-state index contributed by atoms with van der Waals surface area (Å²) < 4.78 is 20.6. The summed E-state index contributed by atoms with van der Waals surface area (Å²) in [6.45, 7) is 1.32. The second-order valence-electron chi connectivity index (χ2n) is 6.85. The van der Waals surface area contributed by atoms with Gasteiger partial charge in [-0.3, -0.25) is 0 Å². The number of rotatable bonds is 8. The zero-order valence-corrected chi connectivity index (χ0v) is 18.3. The molecule has 33 heavy (non-hydrogen) atoms. The minimum Gasteiger partial charge on any atom is -0.504 e. The van der Waals surface area contributed by atoms with Crippen molar-refractivity contribution in [3.8, 4) is 17.2 Å². The van der Waals surface area contributed by atoms with Crippen LogP contribution in [0.4, 0.5) is 4.79 Å². The van der Waals surface area contributed by atoms with E-state index in [4.69, 9.17) is 18.9 Å². The number of ether oxygens (including phenoxy) is 4. The third-order valence-corrected chi connectivity index (χ3v) is 4.88. The van der Waals surface area contributed by atoms with Gasteiger partial charge in [0.2, 0.25) is 0 Å². The van der Waals surface area contributed by atoms with Crippen molar-refractivity contribution in [1.29, 1.82) is 0 Å². The normalized spacial score (nSPS) is 15.2. The molecule has 2 amide bonds. The number of esters is 2. The van der Waals surface area contributed by atoms with Crippen molar-refractivity contribution in [3.63, 3.8) is 0 Å². The quantitative estimate of drug-likeness (QED) is 0.516. The van der Waals surface area contributed by atoms with Gasteiger partial charge in [0, 0.05) is 0 Å². The average Bonchev–Trinajstić information content (AvgIpc) is 2.82. The first kappa shape index (κ1) is 23.5. The number of benzene rings is 2. The molecule has 0 bridgehead atoms. The van der Waals surface area contributed by atoms with Crippen LogP contribution in [0.15, 0.2) is 53.7 Å². The Hall–Kier alpha value is -4.21. The summed E-state index contributed by atoms with van der Waals surface area (Å²) in [6, 6.07) is 9.72. The first-order valence-corrected chi connectivity index (χ1v) is 10.0. The lowest BCUT2D eigenvalue weighted by atomic mass is 9.95. The number of para-hydroxylation sites is 1. The van der Waals surface area contributed by atoms with Gasteiger partial charge in [0.15, 0.2) is 11.5 Å². The topological polar surface area (TPSA) is 132 Å². The Bertz CT molecular complexity index is 1080. The van der Waals surface area contributed by atoms with Gasteiger partial charge in [-0.05, 0) is 36.8 Å². The number of methoxy groups -OCH3 is 2. The SMILES string of the molecule is CCOC(=O)C1=C(COC(=O)c2cccc(OC)c2O)NC(=O)NC1c1ccc(OC)cc1. The summed E-state index contributed by atoms with van der Waals surface area (Å²) in [4.78, 5) is 37.7. The number of aromatic hydroxyl groups is 1. The predicted octanol–water partition coefficient (Wildman–Crippen LogP) is 2.44. The molecule has 1 aliphatic rings. The lowest BCUT2D eigenvalue weighted by Gasteiger charge is -2.29. The van der Waals surface area contributed by atoms with Crippen LogP contribution in [0.2, 0.25) is 0 Å². The smallest absolute Gasteiger partial charge is 0.342 e. The molecule has 2 aromatic rings. The summed E-state index contributed by atoms with van der Waals surface area (Å²) in [7, 11) is 2.88. The average molecular weight is 456 g/mol. The Morgan fingerprint density at radius 2 is 1.73 bits per heavy atom. The molecule has 10 nitrogen and oxygen atoms in total. The fourth-order valence-electron chi connectivity index (χ4n) is 3.30. The van der Waals surface area contributed by atoms with E-state index in [1.54, 1.807) is 31.2 Å². The van der Waals surface area contributed by atoms with Gasteiger partial charge < -0.3 is 34.7 Å². The second kappa shape index (κ2) is 10.4. The van der Waals surface area contributed by atoms with Crippen LogP contribution in [-0.2, 0) is 14.3 Å². The number of urea groups is 1. The van der Waals surface area contributed by atoms with Crippen LogP contribution < -0.4 is 20.1 Å². The molecule has 10 heteroatoms. The Kier molecular flexibility index (Phi) is 7.39. The number of amides is 2. The Labute approximate surface area is 190 Å². The van der Waals surface area contributed by atoms with Crippen molar-refractivity contribution >= 4 is 18.0 Å². The molecule has 0 aliphatic carbocycles. The summed E-state index contributed by atoms with van der Waals surface area (Å²) >= 11 is 0. The highest BCUT2D eigenvalue weighted by Gasteiger charge is 2.34. The molecule has 3 rings (SSSR count). The summed E-state index contributed by atoms with van der Waals surface area (Å²) in [5.74, 6) is -1.22. The van der Waals surface area contributed by atoms with Gasteiger partial charge in [-0.15, -0.1) is 0 Å². The fourth-order valence-corrected chi connectivity index (χ4v) is 3.30. The molecule has 1 unspecified atom stereocenters. The van der Waals surface area contributed by atoms with Crippen LogP contribution in [0.3, 0.4) is 0 Å². The van der Waals surface area contributed by atoms with E-state index in [9.17, 15) is 19.5 Å². The minimum atomic E-state index is -0.865. The van der Waals surface area contributed by atoms with E-state index in [2.05, 4.69) is 10.6 Å². The van der Waals surface area contributed by atoms with E-state index in [-0.39, 0.29) is 34.9 Å². The number of carbonyl (C=O) groups is 3. The van der Waals surface area contributed by atoms with E-state index >= 15 is 0 Å². The number of hydrogen-bond donors (Lipinski definition) is 3. The van der Waals surface area contributed by atoms with Crippen LogP contribution >= 0.6 is 0 Å². The van der Waals surface area contributed by atoms with Gasteiger partial charge in [0.25, 0.3) is 0 Å². The first-order chi connectivity index (χ1) is 15.9. The van der Waals surface area contributed by atoms with Gasteiger partial charge in [-0.1, -0.05) is 18.2 Å². The van der Waals surface area contributed by atoms with Crippen molar-refractivity contribution in [2.24, 2.45) is 0 Å². The molecule has 3 N–H and O–H groups in total. The highest BCUT2D eigenvalue weighted by atomic mass is 16.5. The Morgan fingerprint density at radius 3 is 2.36 bits per heavy atom. The molecule has 0 saturated heterocycles. The zero-order chi connectivity index (χ0) is 24.0. The highest BCUT2D eigenvalue weighted by Crippen LogP contribution is 2.31. The second-order valence-corrected chi connectivity index (χ2v) is 6.85. The summed E-state index contributed by atoms with van der Waals surface area (Å²) in [6.07, 6.45) is 0. The molecule has 2 aromatic carbocycles. The predicted molar refractivity (Wildman–Crippen MR) is 116 cm³/mol. The fraction of sp³-hybridized carbons (Fsp3) is 0.261. The van der Waals surface area contributed by atoms with E-state index < -0.39 is 30.6 Å². The van der Waals surface area contributed by atoms with Gasteiger partial charge in [0.05, 0.1) is 38.1 Å². The molecule has 0 spiro atoms. The Balaban J connectivity index is 1.93. The number of carbonyl (C=O) groups excluding carboxylic acids is 3. The van der Waals surface area contributed by atoms with Gasteiger partial charge in [-0.2, -0.15) is 0 Å². The summed E-state index contributed by atoms with van der Waals surface area (Å²) in [5.41, 5.74) is 0.626. The van der Waals surface area contributed by atoms with E-state index in [0.29, 0.717) is 11.3 Å². The van der Waals surface area contributed by atoms with E-state index in [0.717, 1.165) is 0 Å². The number of hydrogen-bond acceptors (Lipinski definition) is 8. The molecular formula is C23H24N2O8. The third-order valence-electron chi connectivity index (χ3n) is 4.88. The van der Waals surface area contributed by atoms with Crippen LogP contribution in [0.25, 0.3) is 0 Å². The maximum atomic E-state index is 12.8. The number of nitrogens with one attached hydrogen (secondary N) is 2. The lowest BCUT2D eigenvalue weighted by Crippen LogP contribution is -2.47. The number of phenols is 1. The van der Waals surface area contributed by atoms with Crippen molar-refractivity contribution in [2.75, 3.05) is 27.4 Å². The zero-order valence-electron chi connectivity index (χ0n) is 18.3. The molecule has 0 radical (unpaired) electrons. The maximum Gasteiger partial charge on any atom is 0.342 e. The standard InChI is InChI=1S/C23H24N2O8/c1-4-32-22(28)18-16(12-33-21(27)15-6-5-7-17(31-3)20(15)26)24-23(29)25-19(18)13-8-10-14(30-2)11-9-13/h5-11,19,26H,4,12H2,1-3H3,(H2,24,25,29). The van der Waals surface area contributed by atoms with Crippen molar-refractivity contribution < 1.29 is 38.4 Å². The monoisotopic (exact) mass is 456 g/mol. The molecular weight excluding hydrogens is 432 g/mol. The van der Waals surface area contributed by atoms with Crippen LogP contribution in [0.1, 0.15) is 28.9 Å². The van der Waals surface area contributed by atoms with Crippen LogP contribution in [-0.4, -0.2) is 50.5 Å². The molecule has 0 aromatic heterocycles. The largest absolute Gasteiger partial charge is 0.504 e. The first-order valence-electron chi connectivity index (χ1n) is 10.0. The van der Waals surface area contributed by atoms with Gasteiger partial charge >= 0.3 is 18.0 Å². The highest BCUT2D eigenvalue weighted by molar-refractivity contribution is 5.96. The number of phenolic OH excluding ortho intramolecular Hbond substituents is 1. The van der Waals surface area contributed by atoms with Crippen LogP contribution in [0, 0.1) is 0 Å². The van der Waals surface area contributed by atoms with E-state index in [1.807, 2.05) is 0 Å². The molecule has 1 atom stereocenters. The van der Waals surface area contributed by atoms with Crippen molar-refractivity contribution in [2.45, 2.75) is 13.0 Å².